The third kappa shape index (κ3) is 18.3. The number of fused-ring (bicyclic) bond motifs is 15. The van der Waals surface area contributed by atoms with E-state index in [-0.39, 0.29) is 70.5 Å². The van der Waals surface area contributed by atoms with Crippen LogP contribution in [0.2, 0.25) is 0 Å². The van der Waals surface area contributed by atoms with Crippen molar-refractivity contribution in [2.24, 2.45) is 46.5 Å². The van der Waals surface area contributed by atoms with Gasteiger partial charge in [0.15, 0.2) is 58.9 Å². The number of aromatic nitrogens is 10. The van der Waals surface area contributed by atoms with Crippen LogP contribution >= 0.6 is 0 Å². The first-order valence-electron chi connectivity index (χ1n) is 61.4. The van der Waals surface area contributed by atoms with Crippen molar-refractivity contribution in [2.45, 2.75) is 212 Å². The minimum atomic E-state index is -2.72. The smallest absolute Gasteiger partial charge is 0.227 e. The summed E-state index contributed by atoms with van der Waals surface area (Å²) in [5.41, 5.74) is 19.4. The van der Waals surface area contributed by atoms with E-state index in [1.165, 1.54) is 19.9 Å². The molecule has 15 nitrogen and oxygen atoms in total. The zero-order chi connectivity index (χ0) is 122. The van der Waals surface area contributed by atoms with Gasteiger partial charge in [0.05, 0.1) is 27.8 Å². The van der Waals surface area contributed by atoms with Crippen molar-refractivity contribution in [3.05, 3.63) is 297 Å². The van der Waals surface area contributed by atoms with Crippen molar-refractivity contribution in [3.8, 4) is 56.3 Å². The van der Waals surface area contributed by atoms with Crippen molar-refractivity contribution in [1.29, 1.82) is 0 Å². The van der Waals surface area contributed by atoms with Crippen LogP contribution in [-0.2, 0) is 53.5 Å². The van der Waals surface area contributed by atoms with Crippen LogP contribution in [0.5, 0.6) is 0 Å². The summed E-state index contributed by atoms with van der Waals surface area (Å²) in [6.45, 7) is 0.00428. The maximum Gasteiger partial charge on any atom is 0.227 e. The Morgan fingerprint density at radius 2 is 0.649 bits per heavy atom. The number of pyridine rings is 10. The Labute approximate surface area is 834 Å². The van der Waals surface area contributed by atoms with Crippen molar-refractivity contribution in [3.63, 3.8) is 0 Å². The lowest BCUT2D eigenvalue weighted by Gasteiger charge is -2.20. The van der Waals surface area contributed by atoms with E-state index in [4.69, 9.17) is 72.3 Å². The third-order valence-electron chi connectivity index (χ3n) is 24.9. The Hall–Kier alpha value is -13.4. The van der Waals surface area contributed by atoms with Gasteiger partial charge in [-0.25, -0.2) is 47.8 Å². The van der Waals surface area contributed by atoms with Gasteiger partial charge in [0.25, 0.3) is 0 Å². The normalized spacial score (nSPS) is 20.6. The fourth-order valence-corrected chi connectivity index (χ4v) is 18.2. The first-order chi connectivity index (χ1) is 77.2. The molecule has 2 atom stereocenters. The van der Waals surface area contributed by atoms with E-state index in [1.54, 1.807) is 155 Å². The first kappa shape index (κ1) is 59.3. The summed E-state index contributed by atoms with van der Waals surface area (Å²) in [7, 11) is 9.02. The van der Waals surface area contributed by atoms with Crippen LogP contribution in [0.4, 0.5) is 0 Å². The van der Waals surface area contributed by atoms with Gasteiger partial charge in [-0.15, -0.1) is 0 Å². The van der Waals surface area contributed by atoms with Crippen LogP contribution in [0, 0.1) is 80.2 Å². The molecule has 2 fully saturated rings. The summed E-state index contributed by atoms with van der Waals surface area (Å²) in [5, 5.41) is 8.27. The van der Waals surface area contributed by atoms with Gasteiger partial charge in [0.2, 0.25) is 57.0 Å². The average molecular weight is 1810 g/mol. The molecule has 0 saturated heterocycles. The predicted octanol–water partition coefficient (Wildman–Crippen LogP) is 28.2. The summed E-state index contributed by atoms with van der Waals surface area (Å²) in [6.07, 6.45) is 3.87. The van der Waals surface area contributed by atoms with Crippen molar-refractivity contribution in [1.82, 2.24) is 24.9 Å². The van der Waals surface area contributed by atoms with Crippen LogP contribution in [0.1, 0.15) is 254 Å². The third-order valence-corrected chi connectivity index (χ3v) is 24.9. The topological polar surface area (TPSA) is 150 Å². The molecule has 0 aliphatic heterocycles. The molecule has 0 amide bonds. The van der Waals surface area contributed by atoms with Crippen LogP contribution in [0.25, 0.3) is 167 Å². The number of benzene rings is 5. The SMILES string of the molecule is [2H]C([2H])([2H])c1ccc(-c2c(C)ccc3c2oc2nc(C(C)(C)C)ccc23)[n+](C)c1.[2H]C([2H])([2H])c1ccc(-c2c(C)ccc3c2oc2nc(C4([2H])C([2H])([2H])CCCC4([2H])[2H])ccc23)[n+](C)c1.[2H]C([2H])([2H])c1ccc(-c2c(C)ccc3c2oc2nc(C4([2H])CCCC4([2H])[2H])ccc23)[n+](C)c1.[2H]C([2H])([2H])c1ccc(-c2c(C)ccc3c2oc2nc(CC(C)(C([2H])([2H])[2H])C([2H])([2H])[2H])ccc23)[n+](C)c1.[2H]C([2H])([2H])c1ccc(-c2c(C)ccc3c2oc2nc(CC([2H])(C)C([2H])([2H])[2H])ccc23)[n+](C)c1. The highest BCUT2D eigenvalue weighted by atomic mass is 16.4. The number of hydrogen-bond acceptors (Lipinski definition) is 10. The molecular weight excluding hydrogens is 1650 g/mol. The Bertz CT molecular complexity index is 9450. The quantitative estimate of drug-likeness (QED) is 0.121. The fraction of sp³-hybridized carbons (Fsp3) is 0.328. The zero-order valence-electron chi connectivity index (χ0n) is 111. The predicted molar refractivity (Wildman–Crippen MR) is 545 cm³/mol. The molecule has 2 aliphatic carbocycles. The monoisotopic (exact) mass is 1810 g/mol. The number of nitrogens with zero attached hydrogens (tertiary/aromatic N) is 10. The molecule has 22 rings (SSSR count). The molecule has 680 valence electrons. The van der Waals surface area contributed by atoms with E-state index in [2.05, 4.69) is 65.0 Å². The highest BCUT2D eigenvalue weighted by molar-refractivity contribution is 6.13. The largest absolute Gasteiger partial charge is 0.437 e. The van der Waals surface area contributed by atoms with E-state index in [1.807, 2.05) is 120 Å². The van der Waals surface area contributed by atoms with E-state index in [0.29, 0.717) is 98.6 Å². The van der Waals surface area contributed by atoms with Crippen molar-refractivity contribution >= 4 is 110 Å². The standard InChI is InChI=1S/C25H27N2O.C24H25N2O.C24H27N2O.2C23H25N2O/c1-16-9-14-22(27(3)15-16)23-17(2)10-11-19-20-12-13-21(18-7-5-4-6-8-18)26-25(20)28-24(19)23;1-15-8-13-21(26(3)14-15)22-16(2)9-10-18-19-11-12-20(17-6-4-5-7-17)25-24(19)27-23(18)22;1-15-7-12-20(26(6)14-15)21-16(2)8-10-18-19-11-9-17(13-24(3,4)5)25-23(19)27-22(18)21;1-14-7-11-18(25(6)13-14)20-15(2)8-9-16-17-10-12-19(23(3,4)5)24-22(17)26-21(16)20;1-14(2)12-17-8-10-19-18-9-7-16(4)21(22(18)26-23(19)24-17)20-11-6-15(3)13-25(20)5/h9-15,18H,4-8H2,1-3H3;8-14,17H,4-7H2,1-3H3;7-12,14H,13H2,1-6H3;7-13H,1-6H3;6-11,13-14H,12H2,1-5H3/q5*+1/i1D3,7D2,8D2,18D;1D3,6D2,17D;1D3,3D3,4D3;1D3;1D3,3D3,14D. The summed E-state index contributed by atoms with van der Waals surface area (Å²) in [4.78, 5) is 22.9. The Morgan fingerprint density at radius 1 is 0.351 bits per heavy atom. The minimum absolute atomic E-state index is 0.00890. The lowest BCUT2D eigenvalue weighted by Crippen LogP contribution is -2.31. The summed E-state index contributed by atoms with van der Waals surface area (Å²) < 4.78 is 302. The Kier molecular flexibility index (Phi) is 16.3. The Balaban J connectivity index is 0.000000134. The molecule has 0 N–H and O–H groups in total. The zero-order valence-corrected chi connectivity index (χ0v) is 77.9. The van der Waals surface area contributed by atoms with Crippen molar-refractivity contribution < 1.29 is 90.2 Å². The van der Waals surface area contributed by atoms with Gasteiger partial charge in [0.1, 0.15) is 35.2 Å². The second-order valence-electron chi connectivity index (χ2n) is 36.5. The molecule has 0 spiro atoms. The molecule has 2 aliphatic rings. The highest BCUT2D eigenvalue weighted by Gasteiger charge is 2.31. The number of hydrogen-bond donors (Lipinski definition) is 0. The highest BCUT2D eigenvalue weighted by Crippen LogP contribution is 2.45. The van der Waals surface area contributed by atoms with E-state index in [9.17, 15) is 0 Å². The summed E-state index contributed by atoms with van der Waals surface area (Å²) in [5.74, 6) is -5.24. The molecule has 2 unspecified atom stereocenters. The molecule has 0 radical (unpaired) electrons. The second-order valence-corrected chi connectivity index (χ2v) is 36.5. The first-order valence-corrected chi connectivity index (χ1v) is 44.9. The molecule has 134 heavy (non-hydrogen) atoms. The lowest BCUT2D eigenvalue weighted by atomic mass is 9.86. The fourth-order valence-electron chi connectivity index (χ4n) is 18.2. The lowest BCUT2D eigenvalue weighted by molar-refractivity contribution is -0.660. The number of furan rings is 5. The molecule has 5 aromatic carbocycles. The molecule has 0 bridgehead atoms. The van der Waals surface area contributed by atoms with Crippen LogP contribution in [-0.4, -0.2) is 24.9 Å². The maximum atomic E-state index is 8.98. The number of aryl methyl sites for hydroxylation is 15. The summed E-state index contributed by atoms with van der Waals surface area (Å²) >= 11 is 0. The number of rotatable bonds is 10. The van der Waals surface area contributed by atoms with Crippen LogP contribution in [0.15, 0.2) is 235 Å². The molecule has 2 saturated carbocycles. The van der Waals surface area contributed by atoms with Gasteiger partial charge >= 0.3 is 0 Å². The average Bonchev–Trinajstić information content (AvgIpc) is 1.69. The van der Waals surface area contributed by atoms with Crippen LogP contribution in [0.3, 0.4) is 0 Å². The molecule has 20 aromatic rings. The minimum Gasteiger partial charge on any atom is -0.437 e. The van der Waals surface area contributed by atoms with Gasteiger partial charge in [0, 0.05) is 203 Å². The van der Waals surface area contributed by atoms with Gasteiger partial charge < -0.3 is 22.1 Å². The molecule has 15 aromatic heterocycles. The van der Waals surface area contributed by atoms with E-state index < -0.39 is 97.0 Å². The van der Waals surface area contributed by atoms with Gasteiger partial charge in [-0.2, -0.15) is 0 Å². The van der Waals surface area contributed by atoms with E-state index >= 15 is 0 Å². The summed E-state index contributed by atoms with van der Waals surface area (Å²) in [6, 6.07) is 54.7. The molecule has 15 heterocycles. The van der Waals surface area contributed by atoms with Crippen molar-refractivity contribution in [2.75, 3.05) is 0 Å². The van der Waals surface area contributed by atoms with Gasteiger partial charge in [-0.3, -0.25) is 0 Å². The molecular formula is C119H129N10O5+5. The Morgan fingerprint density at radius 3 is 0.970 bits per heavy atom. The van der Waals surface area contributed by atoms with Gasteiger partial charge in [-0.1, -0.05) is 148 Å². The maximum absolute atomic E-state index is 8.98. The van der Waals surface area contributed by atoms with Crippen LogP contribution < -0.4 is 22.8 Å². The second kappa shape index (κ2) is 36.9. The van der Waals surface area contributed by atoms with Gasteiger partial charge in [-0.05, 0) is 237 Å². The molecule has 15 heteroatoms. The van der Waals surface area contributed by atoms with E-state index in [0.717, 1.165) is 138 Å².